The normalized spacial score (nSPS) is 11.0. The van der Waals surface area contributed by atoms with Crippen LogP contribution in [0.4, 0.5) is 0 Å². The molecule has 0 radical (unpaired) electrons. The number of hydrogen-bond donors (Lipinski definition) is 1. The highest BCUT2D eigenvalue weighted by Gasteiger charge is 1.95. The summed E-state index contributed by atoms with van der Waals surface area (Å²) in [6, 6.07) is 5.61. The Morgan fingerprint density at radius 2 is 2.23 bits per heavy atom. The minimum Gasteiger partial charge on any atom is -0.396 e. The van der Waals surface area contributed by atoms with Gasteiger partial charge in [-0.1, -0.05) is 39.7 Å². The number of halogens is 2. The van der Waals surface area contributed by atoms with Gasteiger partial charge in [0.15, 0.2) is 0 Å². The van der Waals surface area contributed by atoms with Crippen molar-refractivity contribution in [3.63, 3.8) is 0 Å². The molecule has 0 aliphatic rings. The average Bonchev–Trinajstić information content (AvgIpc) is 2.11. The molecule has 0 fully saturated rings. The van der Waals surface area contributed by atoms with Crippen molar-refractivity contribution in [3.05, 3.63) is 39.3 Å². The van der Waals surface area contributed by atoms with E-state index in [0.29, 0.717) is 11.4 Å². The molecule has 0 saturated heterocycles. The Kier molecular flexibility index (Phi) is 4.50. The Morgan fingerprint density at radius 1 is 1.46 bits per heavy atom. The maximum atomic E-state index is 8.58. The lowest BCUT2D eigenvalue weighted by atomic mass is 10.2. The summed E-state index contributed by atoms with van der Waals surface area (Å²) in [5.41, 5.74) is 1.03. The molecule has 0 spiro atoms. The van der Waals surface area contributed by atoms with Crippen LogP contribution in [-0.2, 0) is 0 Å². The molecule has 0 heterocycles. The van der Waals surface area contributed by atoms with E-state index in [0.717, 1.165) is 10.0 Å². The third-order valence-corrected chi connectivity index (χ3v) is 2.51. The first kappa shape index (κ1) is 10.8. The fraction of sp³-hybridized carbons (Fsp3) is 0.200. The Morgan fingerprint density at radius 3 is 2.92 bits per heavy atom. The summed E-state index contributed by atoms with van der Waals surface area (Å²) in [5.74, 6) is 0. The molecule has 0 aromatic heterocycles. The molecule has 1 N–H and O–H groups in total. The Labute approximate surface area is 91.2 Å². The summed E-state index contributed by atoms with van der Waals surface area (Å²) < 4.78 is 1.01. The first-order valence-electron chi connectivity index (χ1n) is 3.96. The molecule has 0 saturated carbocycles. The summed E-state index contributed by atoms with van der Waals surface area (Å²) in [4.78, 5) is 0. The van der Waals surface area contributed by atoms with Gasteiger partial charge in [0.25, 0.3) is 0 Å². The minimum absolute atomic E-state index is 0.175. The molecule has 0 aliphatic heterocycles. The van der Waals surface area contributed by atoms with Gasteiger partial charge < -0.3 is 5.11 Å². The second-order valence-electron chi connectivity index (χ2n) is 2.58. The quantitative estimate of drug-likeness (QED) is 0.883. The third kappa shape index (κ3) is 3.51. The van der Waals surface area contributed by atoms with Crippen molar-refractivity contribution in [2.75, 3.05) is 6.61 Å². The smallest absolute Gasteiger partial charge is 0.0465 e. The van der Waals surface area contributed by atoms with Gasteiger partial charge in [-0.3, -0.25) is 0 Å². The predicted octanol–water partition coefficient (Wildman–Crippen LogP) is 3.50. The highest BCUT2D eigenvalue weighted by Crippen LogP contribution is 2.22. The number of aliphatic hydroxyl groups excluding tert-OH is 1. The van der Waals surface area contributed by atoms with Crippen molar-refractivity contribution in [1.29, 1.82) is 0 Å². The zero-order chi connectivity index (χ0) is 9.68. The summed E-state index contributed by atoms with van der Waals surface area (Å²) in [5, 5.41) is 9.29. The number of benzene rings is 1. The van der Waals surface area contributed by atoms with Crippen LogP contribution >= 0.6 is 27.5 Å². The van der Waals surface area contributed by atoms with Crippen molar-refractivity contribution in [1.82, 2.24) is 0 Å². The van der Waals surface area contributed by atoms with Crippen molar-refractivity contribution in [3.8, 4) is 0 Å². The second-order valence-corrected chi connectivity index (χ2v) is 3.87. The van der Waals surface area contributed by atoms with Crippen LogP contribution in [0.1, 0.15) is 12.0 Å². The summed E-state index contributed by atoms with van der Waals surface area (Å²) in [7, 11) is 0. The summed E-state index contributed by atoms with van der Waals surface area (Å²) in [6.45, 7) is 0.175. The van der Waals surface area contributed by atoms with E-state index in [-0.39, 0.29) is 6.61 Å². The minimum atomic E-state index is 0.175. The van der Waals surface area contributed by atoms with Gasteiger partial charge in [-0.05, 0) is 30.2 Å². The van der Waals surface area contributed by atoms with Crippen LogP contribution in [0, 0.1) is 0 Å². The van der Waals surface area contributed by atoms with Crippen LogP contribution in [0.5, 0.6) is 0 Å². The van der Waals surface area contributed by atoms with Crippen LogP contribution in [0.3, 0.4) is 0 Å². The van der Waals surface area contributed by atoms with Gasteiger partial charge in [-0.2, -0.15) is 0 Å². The van der Waals surface area contributed by atoms with E-state index < -0.39 is 0 Å². The number of aliphatic hydroxyl groups is 1. The molecule has 0 atom stereocenters. The molecule has 13 heavy (non-hydrogen) atoms. The second kappa shape index (κ2) is 5.43. The molecule has 0 amide bonds. The Bertz CT molecular complexity index is 310. The molecule has 1 aromatic carbocycles. The highest BCUT2D eigenvalue weighted by atomic mass is 79.9. The van der Waals surface area contributed by atoms with Gasteiger partial charge in [-0.25, -0.2) is 0 Å². The first-order valence-corrected chi connectivity index (χ1v) is 5.13. The van der Waals surface area contributed by atoms with Crippen molar-refractivity contribution < 1.29 is 5.11 Å². The molecular formula is C10H10BrClO. The van der Waals surface area contributed by atoms with Crippen LogP contribution in [-0.4, -0.2) is 11.7 Å². The standard InChI is InChI=1S/C10H10BrClO/c11-10-5-4-9(12)7-8(10)3-1-2-6-13/h1,3-5,7,13H,2,6H2. The Balaban J connectivity index is 2.81. The largest absolute Gasteiger partial charge is 0.396 e. The molecule has 1 rings (SSSR count). The van der Waals surface area contributed by atoms with Crippen LogP contribution < -0.4 is 0 Å². The van der Waals surface area contributed by atoms with Crippen LogP contribution in [0.25, 0.3) is 6.08 Å². The van der Waals surface area contributed by atoms with Crippen molar-refractivity contribution in [2.45, 2.75) is 6.42 Å². The SMILES string of the molecule is OCCC=Cc1cc(Cl)ccc1Br. The highest BCUT2D eigenvalue weighted by molar-refractivity contribution is 9.10. The van der Waals surface area contributed by atoms with Gasteiger partial charge in [-0.15, -0.1) is 0 Å². The third-order valence-electron chi connectivity index (χ3n) is 1.55. The van der Waals surface area contributed by atoms with E-state index >= 15 is 0 Å². The number of hydrogen-bond acceptors (Lipinski definition) is 1. The van der Waals surface area contributed by atoms with Crippen molar-refractivity contribution in [2.24, 2.45) is 0 Å². The van der Waals surface area contributed by atoms with Gasteiger partial charge in [0.1, 0.15) is 0 Å². The monoisotopic (exact) mass is 260 g/mol. The molecule has 0 aliphatic carbocycles. The summed E-state index contributed by atoms with van der Waals surface area (Å²) >= 11 is 9.24. The maximum absolute atomic E-state index is 8.58. The molecule has 70 valence electrons. The molecule has 0 bridgehead atoms. The first-order chi connectivity index (χ1) is 6.24. The van der Waals surface area contributed by atoms with E-state index in [4.69, 9.17) is 16.7 Å². The molecular weight excluding hydrogens is 251 g/mol. The van der Waals surface area contributed by atoms with E-state index in [1.807, 2.05) is 30.4 Å². The van der Waals surface area contributed by atoms with E-state index in [1.165, 1.54) is 0 Å². The zero-order valence-electron chi connectivity index (χ0n) is 7.00. The zero-order valence-corrected chi connectivity index (χ0v) is 9.35. The maximum Gasteiger partial charge on any atom is 0.0465 e. The summed E-state index contributed by atoms with van der Waals surface area (Å²) in [6.07, 6.45) is 4.52. The van der Waals surface area contributed by atoms with Gasteiger partial charge in [0.05, 0.1) is 0 Å². The predicted molar refractivity (Wildman–Crippen MR) is 59.9 cm³/mol. The Hall–Kier alpha value is -0.310. The van der Waals surface area contributed by atoms with Gasteiger partial charge in [0.2, 0.25) is 0 Å². The van der Waals surface area contributed by atoms with Crippen molar-refractivity contribution >= 4 is 33.6 Å². The molecule has 1 aromatic rings. The van der Waals surface area contributed by atoms with Crippen LogP contribution in [0.2, 0.25) is 5.02 Å². The lowest BCUT2D eigenvalue weighted by molar-refractivity contribution is 0.303. The van der Waals surface area contributed by atoms with E-state index in [1.54, 1.807) is 0 Å². The molecule has 3 heteroatoms. The lowest BCUT2D eigenvalue weighted by Gasteiger charge is -1.98. The van der Waals surface area contributed by atoms with Gasteiger partial charge >= 0.3 is 0 Å². The topological polar surface area (TPSA) is 20.2 Å². The average molecular weight is 262 g/mol. The fourth-order valence-electron chi connectivity index (χ4n) is 0.927. The van der Waals surface area contributed by atoms with E-state index in [2.05, 4.69) is 15.9 Å². The molecule has 0 unspecified atom stereocenters. The molecule has 1 nitrogen and oxygen atoms in total. The number of rotatable bonds is 3. The van der Waals surface area contributed by atoms with Crippen LogP contribution in [0.15, 0.2) is 28.7 Å². The van der Waals surface area contributed by atoms with Gasteiger partial charge in [0, 0.05) is 16.1 Å². The lowest BCUT2D eigenvalue weighted by Crippen LogP contribution is -1.78. The fourth-order valence-corrected chi connectivity index (χ4v) is 1.49. The van der Waals surface area contributed by atoms with E-state index in [9.17, 15) is 0 Å².